The number of carbonyl (C=O) groups excluding carboxylic acids is 2. The van der Waals surface area contributed by atoms with Crippen molar-refractivity contribution in [1.29, 1.82) is 0 Å². The van der Waals surface area contributed by atoms with Gasteiger partial charge in [0.15, 0.2) is 0 Å². The topological polar surface area (TPSA) is 111 Å². The Morgan fingerprint density at radius 2 is 0.667 bits per heavy atom. The molecular weight excluding hydrogens is 1100 g/mol. The normalized spacial score (nSPS) is 13.5. The molecule has 516 valence electrons. The van der Waals surface area contributed by atoms with E-state index >= 15 is 0 Å². The van der Waals surface area contributed by atoms with E-state index in [1.165, 1.54) is 315 Å². The molecule has 10 heteroatoms. The highest BCUT2D eigenvalue weighted by atomic mass is 31.2. The van der Waals surface area contributed by atoms with Crippen LogP contribution in [0.25, 0.3) is 0 Å². The number of carbonyl (C=O) groups is 2. The molecular formula is C77H152N2O7P+. The zero-order chi connectivity index (χ0) is 63.5. The molecule has 0 radical (unpaired) electrons. The summed E-state index contributed by atoms with van der Waals surface area (Å²) in [7, 11) is 1.52. The average molecular weight is 1250 g/mol. The Bertz CT molecular complexity index is 1530. The summed E-state index contributed by atoms with van der Waals surface area (Å²) in [6.45, 7) is 7.09. The quantitative estimate of drug-likeness (QED) is 0.0205. The molecule has 0 aliphatic heterocycles. The highest BCUT2D eigenvalue weighted by molar-refractivity contribution is 7.47. The van der Waals surface area contributed by atoms with Crippen molar-refractivity contribution in [2.75, 3.05) is 40.9 Å². The van der Waals surface area contributed by atoms with Crippen LogP contribution in [0.15, 0.2) is 24.3 Å². The molecule has 0 spiro atoms. The number of likely N-dealkylation sites (N-methyl/N-ethyl adjacent to an activating group) is 1. The van der Waals surface area contributed by atoms with Crippen LogP contribution in [0.5, 0.6) is 0 Å². The minimum absolute atomic E-state index is 0.0450. The van der Waals surface area contributed by atoms with Gasteiger partial charge >= 0.3 is 13.8 Å². The summed E-state index contributed by atoms with van der Waals surface area (Å²) in [5, 5.41) is 3.08. The first kappa shape index (κ1) is 85.5. The smallest absolute Gasteiger partial charge is 0.456 e. The van der Waals surface area contributed by atoms with Gasteiger partial charge in [-0.25, -0.2) is 4.57 Å². The summed E-state index contributed by atoms with van der Waals surface area (Å²) in [4.78, 5) is 38.0. The first-order valence-corrected chi connectivity index (χ1v) is 40.2. The predicted octanol–water partition coefficient (Wildman–Crippen LogP) is 24.8. The number of ether oxygens (including phenoxy) is 1. The first-order chi connectivity index (χ1) is 42.4. The molecule has 0 aromatic heterocycles. The molecule has 0 bridgehead atoms. The van der Waals surface area contributed by atoms with Gasteiger partial charge in [-0.15, -0.1) is 0 Å². The van der Waals surface area contributed by atoms with Crippen LogP contribution in [0.3, 0.4) is 0 Å². The van der Waals surface area contributed by atoms with Gasteiger partial charge in [-0.05, 0) is 57.4 Å². The molecule has 0 aromatic rings. The van der Waals surface area contributed by atoms with Gasteiger partial charge < -0.3 is 19.4 Å². The number of quaternary nitrogens is 1. The maximum atomic E-state index is 13.6. The fourth-order valence-corrected chi connectivity index (χ4v) is 12.7. The molecule has 0 fully saturated rings. The number of rotatable bonds is 72. The third-order valence-corrected chi connectivity index (χ3v) is 18.9. The molecule has 0 heterocycles. The molecule has 1 amide bonds. The Morgan fingerprint density at radius 1 is 0.391 bits per heavy atom. The van der Waals surface area contributed by atoms with Crippen molar-refractivity contribution in [2.24, 2.45) is 0 Å². The van der Waals surface area contributed by atoms with Gasteiger partial charge in [0.2, 0.25) is 5.91 Å². The summed E-state index contributed by atoms with van der Waals surface area (Å²) in [5.74, 6) is -0.478. The number of amides is 1. The first-order valence-electron chi connectivity index (χ1n) is 38.7. The van der Waals surface area contributed by atoms with Crippen molar-refractivity contribution >= 4 is 19.7 Å². The van der Waals surface area contributed by atoms with Crippen LogP contribution in [0.1, 0.15) is 406 Å². The zero-order valence-electron chi connectivity index (χ0n) is 59.3. The lowest BCUT2D eigenvalue weighted by molar-refractivity contribution is -0.870. The number of hydrogen-bond acceptors (Lipinski definition) is 6. The molecule has 87 heavy (non-hydrogen) atoms. The fourth-order valence-electron chi connectivity index (χ4n) is 11.9. The molecule has 0 aliphatic rings. The summed E-state index contributed by atoms with van der Waals surface area (Å²) >= 11 is 0. The maximum Gasteiger partial charge on any atom is 0.472 e. The molecule has 9 nitrogen and oxygen atoms in total. The van der Waals surface area contributed by atoms with Crippen molar-refractivity contribution in [3.63, 3.8) is 0 Å². The van der Waals surface area contributed by atoms with E-state index in [9.17, 15) is 19.0 Å². The third-order valence-electron chi connectivity index (χ3n) is 17.9. The van der Waals surface area contributed by atoms with E-state index in [-0.39, 0.29) is 25.1 Å². The Labute approximate surface area is 543 Å². The van der Waals surface area contributed by atoms with Crippen LogP contribution in [0.2, 0.25) is 0 Å². The number of hydrogen-bond donors (Lipinski definition) is 2. The van der Waals surface area contributed by atoms with Crippen LogP contribution >= 0.6 is 7.82 Å². The second-order valence-corrected chi connectivity index (χ2v) is 29.3. The highest BCUT2D eigenvalue weighted by Crippen LogP contribution is 2.43. The van der Waals surface area contributed by atoms with Crippen molar-refractivity contribution < 1.29 is 37.3 Å². The molecule has 0 rings (SSSR count). The van der Waals surface area contributed by atoms with E-state index in [2.05, 4.69) is 44.3 Å². The van der Waals surface area contributed by atoms with Crippen LogP contribution in [-0.2, 0) is 27.9 Å². The number of phosphoric ester groups is 1. The summed E-state index contributed by atoms with van der Waals surface area (Å²) in [5.41, 5.74) is 0. The molecule has 0 saturated carbocycles. The maximum absolute atomic E-state index is 13.6. The minimum atomic E-state index is -4.45. The second-order valence-electron chi connectivity index (χ2n) is 27.9. The van der Waals surface area contributed by atoms with Gasteiger partial charge in [-0.2, -0.15) is 0 Å². The number of nitrogens with zero attached hydrogens (tertiary/aromatic N) is 1. The Morgan fingerprint density at radius 3 is 0.977 bits per heavy atom. The molecule has 3 atom stereocenters. The van der Waals surface area contributed by atoms with Gasteiger partial charge in [0.25, 0.3) is 0 Å². The van der Waals surface area contributed by atoms with Crippen LogP contribution in [0.4, 0.5) is 0 Å². The third kappa shape index (κ3) is 68.7. The van der Waals surface area contributed by atoms with Crippen molar-refractivity contribution in [2.45, 2.75) is 418 Å². The van der Waals surface area contributed by atoms with Gasteiger partial charge in [0.05, 0.1) is 33.8 Å². The zero-order valence-corrected chi connectivity index (χ0v) is 60.2. The summed E-state index contributed by atoms with van der Waals surface area (Å²) < 4.78 is 30.9. The Kier molecular flexibility index (Phi) is 66.2. The van der Waals surface area contributed by atoms with Crippen molar-refractivity contribution in [3.8, 4) is 0 Å². The van der Waals surface area contributed by atoms with Crippen molar-refractivity contribution in [1.82, 2.24) is 5.32 Å². The van der Waals surface area contributed by atoms with Gasteiger partial charge in [0.1, 0.15) is 19.3 Å². The van der Waals surface area contributed by atoms with Crippen LogP contribution in [-0.4, -0.2) is 74.3 Å². The van der Waals surface area contributed by atoms with E-state index in [0.717, 1.165) is 57.8 Å². The molecule has 2 N–H and O–H groups in total. The molecule has 0 aromatic carbocycles. The van der Waals surface area contributed by atoms with Gasteiger partial charge in [-0.3, -0.25) is 18.6 Å². The van der Waals surface area contributed by atoms with Crippen LogP contribution in [0, 0.1) is 0 Å². The van der Waals surface area contributed by atoms with Crippen LogP contribution < -0.4 is 5.32 Å². The van der Waals surface area contributed by atoms with E-state index in [4.69, 9.17) is 13.8 Å². The lowest BCUT2D eigenvalue weighted by Gasteiger charge is -2.27. The monoisotopic (exact) mass is 1250 g/mol. The predicted molar refractivity (Wildman–Crippen MR) is 379 cm³/mol. The Hall–Kier alpha value is -1.51. The number of allylic oxidation sites excluding steroid dienone is 3. The lowest BCUT2D eigenvalue weighted by atomic mass is 10.0. The average Bonchev–Trinajstić information content (AvgIpc) is 3.70. The van der Waals surface area contributed by atoms with Crippen molar-refractivity contribution in [3.05, 3.63) is 24.3 Å². The van der Waals surface area contributed by atoms with E-state index in [1.54, 1.807) is 0 Å². The van der Waals surface area contributed by atoms with Gasteiger partial charge in [-0.1, -0.05) is 360 Å². The summed E-state index contributed by atoms with van der Waals surface area (Å²) in [6.07, 6.45) is 83.6. The largest absolute Gasteiger partial charge is 0.472 e. The molecule has 3 unspecified atom stereocenters. The summed E-state index contributed by atoms with van der Waals surface area (Å²) in [6, 6.07) is -0.843. The highest BCUT2D eigenvalue weighted by Gasteiger charge is 2.30. The fraction of sp³-hybridized carbons (Fsp3) is 0.922. The minimum Gasteiger partial charge on any atom is -0.456 e. The molecule has 0 aliphatic carbocycles. The van der Waals surface area contributed by atoms with Gasteiger partial charge in [0, 0.05) is 12.8 Å². The standard InChI is InChI=1S/C77H151N2O7P/c1-7-10-13-16-19-22-25-27-29-31-33-35-37-38-39-40-42-43-45-47-49-51-54-57-60-63-66-69-76(80)78-74(73-85-87(82,83)84-72-71-79(4,5)6)75(68-65-62-59-56-53-24-21-18-15-12-9-3)86-77(81)70-67-64-61-58-55-52-50-48-46-44-41-36-34-32-30-28-26-23-20-17-14-11-8-2/h27,29,65,68,74-75H,7-26,28,30-64,66-67,69-73H2,1-6H3,(H-,78,80,82,83)/p+1/b29-27+,68-65+. The van der Waals surface area contributed by atoms with E-state index < -0.39 is 20.0 Å². The number of nitrogens with one attached hydrogen (secondary N) is 1. The Balaban J connectivity index is 4.87. The SMILES string of the molecule is CCCCCCCC/C=C/CCCCCCCCCCCCCCCCCCCC(=O)NC(COP(=O)(O)OCC[N+](C)(C)C)C(/C=C/CCCCCCCCCCC)OC(=O)CCCCCCCCCCCCCCCCCCCCCCCCC. The number of esters is 1. The number of phosphoric acid groups is 1. The molecule has 0 saturated heterocycles. The lowest BCUT2D eigenvalue weighted by Crippen LogP contribution is -2.47. The second kappa shape index (κ2) is 67.4. The van der Waals surface area contributed by atoms with E-state index in [1.807, 2.05) is 27.2 Å². The number of unbranched alkanes of at least 4 members (excludes halogenated alkanes) is 54. The van der Waals surface area contributed by atoms with E-state index in [0.29, 0.717) is 23.9 Å².